The molecule has 31 heavy (non-hydrogen) atoms. The average molecular weight is 413 g/mol. The van der Waals surface area contributed by atoms with Gasteiger partial charge in [0.2, 0.25) is 5.91 Å². The van der Waals surface area contributed by atoms with Crippen molar-refractivity contribution in [1.82, 2.24) is 39.4 Å². The molecule has 1 saturated carbocycles. The number of carbonyl (C=O) groups excluding carboxylic acids is 1. The quantitative estimate of drug-likeness (QED) is 0.457. The normalized spacial score (nSPS) is 14.9. The first kappa shape index (κ1) is 17.8. The zero-order chi connectivity index (χ0) is 20.9. The van der Waals surface area contributed by atoms with E-state index in [1.165, 1.54) is 0 Å². The summed E-state index contributed by atoms with van der Waals surface area (Å²) in [5.74, 6) is 1.36. The Morgan fingerprint density at radius 1 is 1.13 bits per heavy atom. The molecular formula is C21H19N9O. The van der Waals surface area contributed by atoms with Crippen LogP contribution in [0.1, 0.15) is 37.2 Å². The first-order chi connectivity index (χ1) is 15.2. The van der Waals surface area contributed by atoms with Crippen LogP contribution in [0.15, 0.2) is 49.1 Å². The zero-order valence-corrected chi connectivity index (χ0v) is 16.7. The van der Waals surface area contributed by atoms with Crippen LogP contribution in [0.3, 0.4) is 0 Å². The van der Waals surface area contributed by atoms with E-state index >= 15 is 0 Å². The number of amides is 1. The van der Waals surface area contributed by atoms with Crippen LogP contribution in [0.25, 0.3) is 22.4 Å². The lowest BCUT2D eigenvalue weighted by Gasteiger charge is -2.10. The number of hydrogen-bond donors (Lipinski definition) is 2. The number of hydrogen-bond acceptors (Lipinski definition) is 6. The molecule has 1 fully saturated rings. The van der Waals surface area contributed by atoms with E-state index < -0.39 is 0 Å². The van der Waals surface area contributed by atoms with E-state index in [2.05, 4.69) is 30.7 Å². The van der Waals surface area contributed by atoms with Gasteiger partial charge in [0.05, 0.1) is 24.0 Å². The predicted molar refractivity (Wildman–Crippen MR) is 112 cm³/mol. The van der Waals surface area contributed by atoms with E-state index in [4.69, 9.17) is 5.10 Å². The van der Waals surface area contributed by atoms with Crippen molar-refractivity contribution >= 4 is 23.0 Å². The molecule has 5 heterocycles. The molecule has 6 rings (SSSR count). The Bertz CT molecular complexity index is 1410. The van der Waals surface area contributed by atoms with Crippen molar-refractivity contribution in [2.24, 2.45) is 5.92 Å². The Morgan fingerprint density at radius 2 is 2.00 bits per heavy atom. The number of nitrogens with one attached hydrogen (secondary N) is 2. The maximum atomic E-state index is 12.0. The summed E-state index contributed by atoms with van der Waals surface area (Å²) in [6.07, 6.45) is 9.28. The summed E-state index contributed by atoms with van der Waals surface area (Å²) in [6.45, 7) is 2.04. The highest BCUT2D eigenvalue weighted by Crippen LogP contribution is 2.30. The third-order valence-corrected chi connectivity index (χ3v) is 5.63. The highest BCUT2D eigenvalue weighted by molar-refractivity contribution is 5.93. The molecule has 0 bridgehead atoms. The van der Waals surface area contributed by atoms with Crippen molar-refractivity contribution in [3.63, 3.8) is 0 Å². The third-order valence-electron chi connectivity index (χ3n) is 5.63. The Balaban J connectivity index is 1.34. The number of aromatic amines is 1. The second kappa shape index (κ2) is 6.73. The molecule has 1 amide bonds. The number of aromatic nitrogens is 8. The minimum atomic E-state index is -0.106. The van der Waals surface area contributed by atoms with E-state index in [-0.39, 0.29) is 17.7 Å². The van der Waals surface area contributed by atoms with E-state index in [0.29, 0.717) is 11.5 Å². The Kier molecular flexibility index (Phi) is 3.85. The lowest BCUT2D eigenvalue weighted by atomic mass is 10.1. The molecule has 1 aliphatic rings. The molecule has 0 radical (unpaired) electrons. The number of carbonyl (C=O) groups is 1. The summed E-state index contributed by atoms with van der Waals surface area (Å²) in [6, 6.07) is 7.76. The molecule has 1 unspecified atom stereocenters. The smallest absolute Gasteiger partial charge is 0.228 e. The van der Waals surface area contributed by atoms with Crippen molar-refractivity contribution in [3.8, 4) is 11.1 Å². The fourth-order valence-corrected chi connectivity index (χ4v) is 3.68. The number of nitrogens with zero attached hydrogens (tertiary/aromatic N) is 7. The van der Waals surface area contributed by atoms with Gasteiger partial charge in [-0.1, -0.05) is 0 Å². The minimum Gasteiger partial charge on any atom is -0.309 e. The first-order valence-electron chi connectivity index (χ1n) is 10.2. The molecule has 0 saturated heterocycles. The Hall–Kier alpha value is -4.08. The summed E-state index contributed by atoms with van der Waals surface area (Å²) < 4.78 is 3.67. The van der Waals surface area contributed by atoms with E-state index in [1.807, 2.05) is 48.0 Å². The molecule has 2 N–H and O–H groups in total. The van der Waals surface area contributed by atoms with E-state index in [1.54, 1.807) is 16.9 Å². The van der Waals surface area contributed by atoms with Crippen LogP contribution >= 0.6 is 0 Å². The molecule has 1 aliphatic carbocycles. The largest absolute Gasteiger partial charge is 0.309 e. The van der Waals surface area contributed by atoms with Crippen molar-refractivity contribution in [2.45, 2.75) is 25.7 Å². The van der Waals surface area contributed by atoms with Crippen LogP contribution in [0.5, 0.6) is 0 Å². The number of pyridine rings is 1. The van der Waals surface area contributed by atoms with Crippen LogP contribution in [0, 0.1) is 5.92 Å². The number of anilines is 1. The highest BCUT2D eigenvalue weighted by Gasteiger charge is 2.30. The standard InChI is InChI=1S/C21H19N9O/c1-12(20-27-26-19-6-4-14(10-29(19)20)15-8-22-23-9-15)16-5-7-18-24-17(11-30(18)28-16)25-21(31)13-2-3-13/h4-13H,2-3H2,1H3,(H,22,23)(H,25,31). The van der Waals surface area contributed by atoms with Gasteiger partial charge in [0.15, 0.2) is 17.1 Å². The predicted octanol–water partition coefficient (Wildman–Crippen LogP) is 2.66. The molecular weight excluding hydrogens is 394 g/mol. The zero-order valence-electron chi connectivity index (χ0n) is 16.7. The molecule has 0 aliphatic heterocycles. The van der Waals surface area contributed by atoms with E-state index in [9.17, 15) is 4.79 Å². The van der Waals surface area contributed by atoms with Crippen LogP contribution in [-0.4, -0.2) is 45.3 Å². The van der Waals surface area contributed by atoms with Gasteiger partial charge in [-0.05, 0) is 44.0 Å². The molecule has 5 aromatic heterocycles. The minimum absolute atomic E-state index is 0.0281. The SMILES string of the molecule is CC(c1ccc2nc(NC(=O)C3CC3)cn2n1)c1nnc2ccc(-c3cn[nH]c3)cn12. The average Bonchev–Trinajstić information content (AvgIpc) is 3.17. The fraction of sp³-hybridized carbons (Fsp3) is 0.238. The van der Waals surface area contributed by atoms with Gasteiger partial charge in [-0.2, -0.15) is 10.2 Å². The molecule has 0 spiro atoms. The summed E-state index contributed by atoms with van der Waals surface area (Å²) in [5, 5.41) is 23.2. The fourth-order valence-electron chi connectivity index (χ4n) is 3.68. The number of imidazole rings is 1. The van der Waals surface area contributed by atoms with Crippen LogP contribution in [0.4, 0.5) is 5.82 Å². The topological polar surface area (TPSA) is 118 Å². The second-order valence-corrected chi connectivity index (χ2v) is 7.86. The third kappa shape index (κ3) is 3.12. The summed E-state index contributed by atoms with van der Waals surface area (Å²) in [7, 11) is 0. The van der Waals surface area contributed by atoms with Gasteiger partial charge in [-0.25, -0.2) is 9.50 Å². The van der Waals surface area contributed by atoms with E-state index in [0.717, 1.165) is 41.1 Å². The van der Waals surface area contributed by atoms with Crippen LogP contribution in [0.2, 0.25) is 0 Å². The maximum Gasteiger partial charge on any atom is 0.228 e. The summed E-state index contributed by atoms with van der Waals surface area (Å²) >= 11 is 0. The van der Waals surface area contributed by atoms with Crippen molar-refractivity contribution in [2.75, 3.05) is 5.32 Å². The Labute approximate surface area is 176 Å². The number of H-pyrrole nitrogens is 1. The molecule has 154 valence electrons. The molecule has 1 atom stereocenters. The highest BCUT2D eigenvalue weighted by atomic mass is 16.2. The van der Waals surface area contributed by atoms with Gasteiger partial charge in [-0.3, -0.25) is 14.3 Å². The second-order valence-electron chi connectivity index (χ2n) is 7.86. The summed E-state index contributed by atoms with van der Waals surface area (Å²) in [5.41, 5.74) is 4.28. The van der Waals surface area contributed by atoms with Crippen molar-refractivity contribution < 1.29 is 4.79 Å². The van der Waals surface area contributed by atoms with Gasteiger partial charge in [0.25, 0.3) is 0 Å². The van der Waals surface area contributed by atoms with Crippen LogP contribution < -0.4 is 5.32 Å². The lowest BCUT2D eigenvalue weighted by Crippen LogP contribution is -2.13. The number of rotatable bonds is 5. The Morgan fingerprint density at radius 3 is 2.81 bits per heavy atom. The van der Waals surface area contributed by atoms with Gasteiger partial charge in [0.1, 0.15) is 5.82 Å². The first-order valence-corrected chi connectivity index (χ1v) is 10.2. The molecule has 0 aromatic carbocycles. The lowest BCUT2D eigenvalue weighted by molar-refractivity contribution is -0.117. The van der Waals surface area contributed by atoms with Gasteiger partial charge < -0.3 is 5.32 Å². The van der Waals surface area contributed by atoms with Gasteiger partial charge >= 0.3 is 0 Å². The van der Waals surface area contributed by atoms with Gasteiger partial charge in [0, 0.05) is 29.4 Å². The molecule has 10 heteroatoms. The van der Waals surface area contributed by atoms with Crippen LogP contribution in [-0.2, 0) is 4.79 Å². The molecule has 10 nitrogen and oxygen atoms in total. The van der Waals surface area contributed by atoms with Crippen molar-refractivity contribution in [1.29, 1.82) is 0 Å². The van der Waals surface area contributed by atoms with Gasteiger partial charge in [-0.15, -0.1) is 10.2 Å². The maximum absolute atomic E-state index is 12.0. The molecule has 5 aromatic rings. The van der Waals surface area contributed by atoms with Crippen molar-refractivity contribution in [3.05, 3.63) is 60.6 Å². The number of fused-ring (bicyclic) bond motifs is 2. The summed E-state index contributed by atoms with van der Waals surface area (Å²) in [4.78, 5) is 16.5. The monoisotopic (exact) mass is 413 g/mol.